The largest absolute Gasteiger partial charge is 0.480 e. The van der Waals surface area contributed by atoms with Gasteiger partial charge in [0, 0.05) is 5.69 Å². The number of anilines is 1. The van der Waals surface area contributed by atoms with Gasteiger partial charge in [0.25, 0.3) is 0 Å². The summed E-state index contributed by atoms with van der Waals surface area (Å²) in [7, 11) is 0. The van der Waals surface area contributed by atoms with Crippen molar-refractivity contribution in [3.05, 3.63) is 48.0 Å². The van der Waals surface area contributed by atoms with E-state index in [1.165, 1.54) is 23.5 Å². The highest BCUT2D eigenvalue weighted by Crippen LogP contribution is 2.29. The minimum absolute atomic E-state index is 0.352. The molecule has 0 saturated carbocycles. The van der Waals surface area contributed by atoms with Crippen molar-refractivity contribution in [2.24, 2.45) is 0 Å². The zero-order valence-electron chi connectivity index (χ0n) is 14.8. The number of carbonyl (C=O) groups excluding carboxylic acids is 1. The quantitative estimate of drug-likeness (QED) is 0.762. The molecular formula is C18H20N4O4. The van der Waals surface area contributed by atoms with Crippen molar-refractivity contribution in [2.45, 2.75) is 32.4 Å². The van der Waals surface area contributed by atoms with Crippen LogP contribution in [-0.4, -0.2) is 39.2 Å². The van der Waals surface area contributed by atoms with Gasteiger partial charge in [-0.25, -0.2) is 9.78 Å². The van der Waals surface area contributed by atoms with E-state index in [9.17, 15) is 14.7 Å². The number of nitriles is 1. The van der Waals surface area contributed by atoms with Crippen molar-refractivity contribution >= 4 is 17.6 Å². The fourth-order valence-corrected chi connectivity index (χ4v) is 2.43. The molecule has 0 spiro atoms. The summed E-state index contributed by atoms with van der Waals surface area (Å²) in [6.07, 6.45) is 2.84. The number of H-pyrrole nitrogens is 1. The Morgan fingerprint density at radius 2 is 2.15 bits per heavy atom. The van der Waals surface area contributed by atoms with Crippen LogP contribution in [0.4, 0.5) is 5.69 Å². The Kier molecular flexibility index (Phi) is 5.62. The maximum atomic E-state index is 12.8. The maximum Gasteiger partial charge on any atom is 0.335 e. The zero-order chi connectivity index (χ0) is 19.3. The lowest BCUT2D eigenvalue weighted by atomic mass is 10.1. The van der Waals surface area contributed by atoms with Crippen LogP contribution in [0.2, 0.25) is 0 Å². The molecule has 0 aliphatic carbocycles. The van der Waals surface area contributed by atoms with Gasteiger partial charge in [-0.15, -0.1) is 0 Å². The van der Waals surface area contributed by atoms with Gasteiger partial charge in [0.1, 0.15) is 12.1 Å². The van der Waals surface area contributed by atoms with Crippen LogP contribution in [-0.2, 0) is 14.3 Å². The number of aromatic nitrogens is 2. The second-order valence-corrected chi connectivity index (χ2v) is 6.63. The van der Waals surface area contributed by atoms with Gasteiger partial charge in [-0.2, -0.15) is 5.26 Å². The van der Waals surface area contributed by atoms with E-state index in [1.807, 2.05) is 6.07 Å². The number of aromatic amines is 1. The Hall–Kier alpha value is -3.34. The number of nitrogens with one attached hydrogen (secondary N) is 1. The molecule has 136 valence electrons. The minimum Gasteiger partial charge on any atom is -0.480 e. The summed E-state index contributed by atoms with van der Waals surface area (Å²) >= 11 is 0. The molecule has 8 heteroatoms. The monoisotopic (exact) mass is 356 g/mol. The first-order chi connectivity index (χ1) is 12.2. The molecule has 2 N–H and O–H groups in total. The average Bonchev–Trinajstić information content (AvgIpc) is 3.06. The summed E-state index contributed by atoms with van der Waals surface area (Å²) in [5, 5.41) is 18.5. The van der Waals surface area contributed by atoms with Crippen LogP contribution in [0.25, 0.3) is 0 Å². The lowest BCUT2D eigenvalue weighted by Crippen LogP contribution is -2.41. The topological polar surface area (TPSA) is 119 Å². The molecule has 1 unspecified atom stereocenters. The number of hydrogen-bond acceptors (Lipinski definition) is 6. The van der Waals surface area contributed by atoms with E-state index < -0.39 is 30.1 Å². The summed E-state index contributed by atoms with van der Waals surface area (Å²) in [5.41, 5.74) is 0.406. The SMILES string of the molecule is CC(C)(C)OC(=O)C(c1cnc[nH]1)N(CC(=O)O)c1cccc(C#N)c1. The van der Waals surface area contributed by atoms with E-state index in [0.717, 1.165) is 0 Å². The Bertz CT molecular complexity index is 818. The van der Waals surface area contributed by atoms with Crippen molar-refractivity contribution in [1.82, 2.24) is 9.97 Å². The number of rotatable bonds is 6. The molecule has 1 aromatic carbocycles. The summed E-state index contributed by atoms with van der Waals surface area (Å²) in [5.74, 6) is -1.74. The number of aliphatic carboxylic acids is 1. The normalized spacial score (nSPS) is 12.1. The second-order valence-electron chi connectivity index (χ2n) is 6.63. The van der Waals surface area contributed by atoms with Gasteiger partial charge in [0.05, 0.1) is 29.9 Å². The third-order valence-corrected chi connectivity index (χ3v) is 3.37. The van der Waals surface area contributed by atoms with Gasteiger partial charge in [-0.3, -0.25) is 4.79 Å². The first-order valence-electron chi connectivity index (χ1n) is 7.91. The predicted octanol–water partition coefficient (Wildman–Crippen LogP) is 2.26. The number of carboxylic acids is 1. The number of hydrogen-bond donors (Lipinski definition) is 2. The second kappa shape index (κ2) is 7.70. The molecule has 0 fully saturated rings. The molecule has 1 aromatic heterocycles. The Morgan fingerprint density at radius 1 is 1.42 bits per heavy atom. The fraction of sp³-hybridized carbons (Fsp3) is 0.333. The van der Waals surface area contributed by atoms with Crippen LogP contribution in [0.15, 0.2) is 36.8 Å². The molecule has 8 nitrogen and oxygen atoms in total. The van der Waals surface area contributed by atoms with E-state index in [0.29, 0.717) is 16.9 Å². The molecule has 0 aliphatic heterocycles. The smallest absolute Gasteiger partial charge is 0.335 e. The molecule has 0 aliphatic rings. The highest BCUT2D eigenvalue weighted by molar-refractivity contribution is 5.85. The molecular weight excluding hydrogens is 336 g/mol. The van der Waals surface area contributed by atoms with Crippen molar-refractivity contribution in [1.29, 1.82) is 5.26 Å². The number of benzene rings is 1. The summed E-state index contributed by atoms with van der Waals surface area (Å²) in [6, 6.07) is 7.34. The van der Waals surface area contributed by atoms with Gasteiger partial charge in [-0.05, 0) is 39.0 Å². The summed E-state index contributed by atoms with van der Waals surface area (Å²) < 4.78 is 5.48. The molecule has 2 aromatic rings. The van der Waals surface area contributed by atoms with Gasteiger partial charge < -0.3 is 19.7 Å². The lowest BCUT2D eigenvalue weighted by Gasteiger charge is -2.32. The molecule has 0 amide bonds. The summed E-state index contributed by atoms with van der Waals surface area (Å²) in [4.78, 5) is 32.4. The minimum atomic E-state index is -1.12. The standard InChI is InChI=1S/C18H20N4O4/c1-18(2,3)26-17(25)16(14-9-20-11-21-14)22(10-15(23)24)13-6-4-5-12(7-13)8-19/h4-7,9,11,16H,10H2,1-3H3,(H,20,21)(H,23,24). The zero-order valence-corrected chi connectivity index (χ0v) is 14.8. The van der Waals surface area contributed by atoms with E-state index in [2.05, 4.69) is 9.97 Å². The number of imidazole rings is 1. The molecule has 1 atom stereocenters. The lowest BCUT2D eigenvalue weighted by molar-refractivity contribution is -0.156. The Labute approximate surface area is 151 Å². The maximum absolute atomic E-state index is 12.8. The van der Waals surface area contributed by atoms with E-state index in [1.54, 1.807) is 39.0 Å². The molecule has 0 saturated heterocycles. The van der Waals surface area contributed by atoms with Crippen molar-refractivity contribution < 1.29 is 19.4 Å². The van der Waals surface area contributed by atoms with Crippen molar-refractivity contribution in [3.63, 3.8) is 0 Å². The van der Waals surface area contributed by atoms with E-state index >= 15 is 0 Å². The molecule has 1 heterocycles. The van der Waals surface area contributed by atoms with Crippen LogP contribution in [0.1, 0.15) is 38.1 Å². The van der Waals surface area contributed by atoms with Gasteiger partial charge in [-0.1, -0.05) is 6.07 Å². The van der Waals surface area contributed by atoms with E-state index in [-0.39, 0.29) is 0 Å². The van der Waals surface area contributed by atoms with Crippen molar-refractivity contribution in [2.75, 3.05) is 11.4 Å². The van der Waals surface area contributed by atoms with Crippen LogP contribution < -0.4 is 4.90 Å². The Balaban J connectivity index is 2.52. The number of carboxylic acid groups (broad SMARTS) is 1. The van der Waals surface area contributed by atoms with Crippen molar-refractivity contribution in [3.8, 4) is 6.07 Å². The first kappa shape index (κ1) is 19.0. The third kappa shape index (κ3) is 4.83. The van der Waals surface area contributed by atoms with Gasteiger partial charge in [0.15, 0.2) is 6.04 Å². The first-order valence-corrected chi connectivity index (χ1v) is 7.91. The van der Waals surface area contributed by atoms with Crippen LogP contribution in [0.3, 0.4) is 0 Å². The van der Waals surface area contributed by atoms with Crippen LogP contribution in [0.5, 0.6) is 0 Å². The number of nitrogens with zero attached hydrogens (tertiary/aromatic N) is 3. The fourth-order valence-electron chi connectivity index (χ4n) is 2.43. The Morgan fingerprint density at radius 3 is 2.69 bits per heavy atom. The highest BCUT2D eigenvalue weighted by Gasteiger charge is 2.34. The van der Waals surface area contributed by atoms with Gasteiger partial charge >= 0.3 is 11.9 Å². The predicted molar refractivity (Wildman–Crippen MR) is 93.3 cm³/mol. The third-order valence-electron chi connectivity index (χ3n) is 3.37. The molecule has 0 radical (unpaired) electrons. The van der Waals surface area contributed by atoms with Crippen LogP contribution >= 0.6 is 0 Å². The number of esters is 1. The van der Waals surface area contributed by atoms with Gasteiger partial charge in [0.2, 0.25) is 0 Å². The average molecular weight is 356 g/mol. The molecule has 26 heavy (non-hydrogen) atoms. The molecule has 0 bridgehead atoms. The molecule has 2 rings (SSSR count). The number of carbonyl (C=O) groups is 2. The summed E-state index contributed by atoms with van der Waals surface area (Å²) in [6.45, 7) is 4.73. The van der Waals surface area contributed by atoms with Crippen LogP contribution in [0, 0.1) is 11.3 Å². The van der Waals surface area contributed by atoms with E-state index in [4.69, 9.17) is 10.00 Å². The number of ether oxygens (including phenoxy) is 1. The highest BCUT2D eigenvalue weighted by atomic mass is 16.6.